The molecule has 2 aliphatic rings. The number of morpholine rings is 1. The van der Waals surface area contributed by atoms with Crippen LogP contribution in [0.1, 0.15) is 60.8 Å². The van der Waals surface area contributed by atoms with E-state index in [1.54, 1.807) is 0 Å². The second-order valence-electron chi connectivity index (χ2n) is 7.12. The average molecular weight is 316 g/mol. The summed E-state index contributed by atoms with van der Waals surface area (Å²) in [5, 5.41) is 0. The Morgan fingerprint density at radius 3 is 2.57 bits per heavy atom. The van der Waals surface area contributed by atoms with Gasteiger partial charge in [-0.1, -0.05) is 19.8 Å². The molecule has 4 nitrogen and oxygen atoms in total. The lowest BCUT2D eigenvalue weighted by molar-refractivity contribution is -0.0874. The van der Waals surface area contributed by atoms with Gasteiger partial charge in [-0.15, -0.1) is 0 Å². The maximum atomic E-state index is 13.0. The number of aryl methyl sites for hydroxylation is 2. The minimum Gasteiger partial charge on any atom is -0.371 e. The molecule has 1 aliphatic heterocycles. The molecular formula is C19H28N2O2. The van der Waals surface area contributed by atoms with Gasteiger partial charge in [0.25, 0.3) is 5.91 Å². The van der Waals surface area contributed by atoms with Crippen molar-refractivity contribution < 1.29 is 9.53 Å². The van der Waals surface area contributed by atoms with Crippen LogP contribution in [0, 0.1) is 19.8 Å². The van der Waals surface area contributed by atoms with Gasteiger partial charge in [0.15, 0.2) is 0 Å². The number of rotatable bonds is 5. The smallest absolute Gasteiger partial charge is 0.254 e. The molecule has 1 aromatic heterocycles. The molecule has 2 atom stereocenters. The third-order valence-corrected chi connectivity index (χ3v) is 4.83. The lowest BCUT2D eigenvalue weighted by Gasteiger charge is -2.38. The van der Waals surface area contributed by atoms with E-state index < -0.39 is 0 Å². The SMILES string of the molecule is CCCC[C@@H]1CN(C(=O)c2cc(C)nc(C)c2)C[C@H](C2CC2)O1. The molecule has 2 heterocycles. The number of nitrogens with zero attached hydrogens (tertiary/aromatic N) is 2. The first-order valence-electron chi connectivity index (χ1n) is 8.97. The van der Waals surface area contributed by atoms with Crippen molar-refractivity contribution >= 4 is 5.91 Å². The van der Waals surface area contributed by atoms with Crippen LogP contribution in [0.5, 0.6) is 0 Å². The van der Waals surface area contributed by atoms with Crippen LogP contribution in [0.4, 0.5) is 0 Å². The summed E-state index contributed by atoms with van der Waals surface area (Å²) in [6, 6.07) is 3.80. The predicted octanol–water partition coefficient (Wildman–Crippen LogP) is 3.51. The van der Waals surface area contributed by atoms with E-state index >= 15 is 0 Å². The highest BCUT2D eigenvalue weighted by molar-refractivity contribution is 5.94. The van der Waals surface area contributed by atoms with Gasteiger partial charge in [0.2, 0.25) is 0 Å². The zero-order chi connectivity index (χ0) is 16.4. The summed E-state index contributed by atoms with van der Waals surface area (Å²) in [7, 11) is 0. The van der Waals surface area contributed by atoms with Gasteiger partial charge >= 0.3 is 0 Å². The Kier molecular flexibility index (Phi) is 5.00. The van der Waals surface area contributed by atoms with Crippen LogP contribution in [0.15, 0.2) is 12.1 Å². The minimum absolute atomic E-state index is 0.133. The molecule has 0 bridgehead atoms. The first kappa shape index (κ1) is 16.4. The molecule has 3 rings (SSSR count). The Morgan fingerprint density at radius 1 is 1.26 bits per heavy atom. The van der Waals surface area contributed by atoms with E-state index in [1.807, 2.05) is 30.9 Å². The van der Waals surface area contributed by atoms with E-state index in [2.05, 4.69) is 11.9 Å². The molecule has 23 heavy (non-hydrogen) atoms. The zero-order valence-corrected chi connectivity index (χ0v) is 14.5. The highest BCUT2D eigenvalue weighted by atomic mass is 16.5. The Labute approximate surface area is 139 Å². The van der Waals surface area contributed by atoms with Crippen LogP contribution in [0.25, 0.3) is 0 Å². The molecule has 1 amide bonds. The van der Waals surface area contributed by atoms with E-state index in [-0.39, 0.29) is 18.1 Å². The Bertz CT molecular complexity index is 548. The fraction of sp³-hybridized carbons (Fsp3) is 0.684. The summed E-state index contributed by atoms with van der Waals surface area (Å²) in [5.41, 5.74) is 2.58. The molecule has 0 radical (unpaired) electrons. The zero-order valence-electron chi connectivity index (χ0n) is 14.5. The van der Waals surface area contributed by atoms with Crippen LogP contribution in [-0.2, 0) is 4.74 Å². The van der Waals surface area contributed by atoms with Crippen molar-refractivity contribution in [2.75, 3.05) is 13.1 Å². The molecule has 1 saturated heterocycles. The number of hydrogen-bond donors (Lipinski definition) is 0. The first-order chi connectivity index (χ1) is 11.1. The molecule has 0 spiro atoms. The summed E-state index contributed by atoms with van der Waals surface area (Å²) in [6.07, 6.45) is 6.32. The molecule has 1 aromatic rings. The average Bonchev–Trinajstić information content (AvgIpc) is 3.36. The summed E-state index contributed by atoms with van der Waals surface area (Å²) < 4.78 is 6.27. The number of carbonyl (C=O) groups is 1. The molecule has 1 aliphatic carbocycles. The lowest BCUT2D eigenvalue weighted by Crippen LogP contribution is -2.50. The maximum absolute atomic E-state index is 13.0. The van der Waals surface area contributed by atoms with Crippen molar-refractivity contribution in [3.63, 3.8) is 0 Å². The molecule has 0 N–H and O–H groups in total. The van der Waals surface area contributed by atoms with Gasteiger partial charge < -0.3 is 9.64 Å². The van der Waals surface area contributed by atoms with Crippen molar-refractivity contribution in [2.24, 2.45) is 5.92 Å². The van der Waals surface area contributed by atoms with Gasteiger partial charge in [-0.2, -0.15) is 0 Å². The van der Waals surface area contributed by atoms with Crippen LogP contribution in [0.2, 0.25) is 0 Å². The number of amides is 1. The lowest BCUT2D eigenvalue weighted by atomic mass is 10.1. The molecular weight excluding hydrogens is 288 g/mol. The number of carbonyl (C=O) groups excluding carboxylic acids is 1. The van der Waals surface area contributed by atoms with Crippen molar-refractivity contribution in [1.82, 2.24) is 9.88 Å². The van der Waals surface area contributed by atoms with Gasteiger partial charge in [0.05, 0.1) is 12.2 Å². The number of hydrogen-bond acceptors (Lipinski definition) is 3. The summed E-state index contributed by atoms with van der Waals surface area (Å²) in [5.74, 6) is 0.796. The van der Waals surface area contributed by atoms with Crippen molar-refractivity contribution in [1.29, 1.82) is 0 Å². The van der Waals surface area contributed by atoms with Crippen molar-refractivity contribution in [3.05, 3.63) is 29.1 Å². The molecule has 4 heteroatoms. The van der Waals surface area contributed by atoms with Gasteiger partial charge in [-0.25, -0.2) is 0 Å². The highest BCUT2D eigenvalue weighted by Gasteiger charge is 2.39. The summed E-state index contributed by atoms with van der Waals surface area (Å²) >= 11 is 0. The Hall–Kier alpha value is -1.42. The first-order valence-corrected chi connectivity index (χ1v) is 8.97. The Morgan fingerprint density at radius 2 is 1.96 bits per heavy atom. The Balaban J connectivity index is 1.74. The summed E-state index contributed by atoms with van der Waals surface area (Å²) in [4.78, 5) is 19.3. The number of aromatic nitrogens is 1. The minimum atomic E-state index is 0.133. The predicted molar refractivity (Wildman–Crippen MR) is 90.5 cm³/mol. The standard InChI is InChI=1S/C19H28N2O2/c1-4-5-6-17-11-21(12-18(23-17)15-7-8-15)19(22)16-9-13(2)20-14(3)10-16/h9-10,15,17-18H,4-8,11-12H2,1-3H3/t17-,18-/m1/s1. The van der Waals surface area contributed by atoms with Gasteiger partial charge in [-0.05, 0) is 51.2 Å². The third kappa shape index (κ3) is 4.11. The van der Waals surface area contributed by atoms with E-state index in [9.17, 15) is 4.79 Å². The molecule has 126 valence electrons. The quantitative estimate of drug-likeness (QED) is 0.835. The number of unbranched alkanes of at least 4 members (excludes halogenated alkanes) is 1. The van der Waals surface area contributed by atoms with Crippen molar-refractivity contribution in [3.8, 4) is 0 Å². The van der Waals surface area contributed by atoms with Crippen molar-refractivity contribution in [2.45, 2.75) is 65.1 Å². The van der Waals surface area contributed by atoms with Gasteiger partial charge in [0.1, 0.15) is 0 Å². The third-order valence-electron chi connectivity index (χ3n) is 4.83. The van der Waals surface area contributed by atoms with E-state index in [4.69, 9.17) is 4.74 Å². The second-order valence-corrected chi connectivity index (χ2v) is 7.12. The molecule has 2 fully saturated rings. The molecule has 1 saturated carbocycles. The topological polar surface area (TPSA) is 42.4 Å². The second kappa shape index (κ2) is 7.00. The highest BCUT2D eigenvalue weighted by Crippen LogP contribution is 2.37. The number of ether oxygens (including phenoxy) is 1. The fourth-order valence-electron chi connectivity index (χ4n) is 3.50. The monoisotopic (exact) mass is 316 g/mol. The van der Waals surface area contributed by atoms with E-state index in [0.29, 0.717) is 5.92 Å². The van der Waals surface area contributed by atoms with Gasteiger partial charge in [0, 0.05) is 30.0 Å². The van der Waals surface area contributed by atoms with Crippen LogP contribution in [0.3, 0.4) is 0 Å². The fourth-order valence-corrected chi connectivity index (χ4v) is 3.50. The number of pyridine rings is 1. The van der Waals surface area contributed by atoms with Crippen LogP contribution >= 0.6 is 0 Å². The molecule has 0 aromatic carbocycles. The molecule has 0 unspecified atom stereocenters. The maximum Gasteiger partial charge on any atom is 0.254 e. The van der Waals surface area contributed by atoms with Gasteiger partial charge in [-0.3, -0.25) is 9.78 Å². The van der Waals surface area contributed by atoms with E-state index in [1.165, 1.54) is 19.3 Å². The normalized spacial score (nSPS) is 24.7. The van der Waals surface area contributed by atoms with E-state index in [0.717, 1.165) is 42.9 Å². The largest absolute Gasteiger partial charge is 0.371 e. The van der Waals surface area contributed by atoms with Crippen LogP contribution < -0.4 is 0 Å². The summed E-state index contributed by atoms with van der Waals surface area (Å²) in [6.45, 7) is 7.56. The van der Waals surface area contributed by atoms with Crippen LogP contribution in [-0.4, -0.2) is 41.1 Å².